The van der Waals surface area contributed by atoms with Crippen molar-refractivity contribution in [3.63, 3.8) is 0 Å². The SMILES string of the molecule is CCC(C)n1ncn(-c2ccc(N3CCN(c4ccc(OCC5CSC(Cn6nccn6)N5C)cc4)CC3)cc2)c1=O. The highest BCUT2D eigenvalue weighted by molar-refractivity contribution is 8.00. The van der Waals surface area contributed by atoms with Crippen LogP contribution in [0.1, 0.15) is 26.3 Å². The van der Waals surface area contributed by atoms with E-state index in [0.29, 0.717) is 18.0 Å². The summed E-state index contributed by atoms with van der Waals surface area (Å²) in [7, 11) is 2.16. The fraction of sp³-hybridized carbons (Fsp3) is 0.467. The number of likely N-dealkylation sites (N-methyl/N-ethyl adjacent to an activating group) is 1. The highest BCUT2D eigenvalue weighted by atomic mass is 32.2. The zero-order valence-corrected chi connectivity index (χ0v) is 25.3. The minimum Gasteiger partial charge on any atom is -0.492 e. The van der Waals surface area contributed by atoms with E-state index in [2.05, 4.69) is 80.4 Å². The lowest BCUT2D eigenvalue weighted by molar-refractivity contribution is 0.168. The van der Waals surface area contributed by atoms with Crippen LogP contribution in [0.3, 0.4) is 0 Å². The van der Waals surface area contributed by atoms with Crippen LogP contribution < -0.4 is 20.2 Å². The van der Waals surface area contributed by atoms with Crippen LogP contribution in [0.5, 0.6) is 5.75 Å². The fourth-order valence-electron chi connectivity index (χ4n) is 5.48. The lowest BCUT2D eigenvalue weighted by atomic mass is 10.2. The van der Waals surface area contributed by atoms with Gasteiger partial charge in [0.2, 0.25) is 0 Å². The Bertz CT molecular complexity index is 1480. The molecule has 2 fully saturated rings. The van der Waals surface area contributed by atoms with E-state index in [1.54, 1.807) is 32.8 Å². The van der Waals surface area contributed by atoms with E-state index in [9.17, 15) is 4.79 Å². The number of benzene rings is 2. The number of nitrogens with zero attached hydrogens (tertiary/aromatic N) is 9. The summed E-state index contributed by atoms with van der Waals surface area (Å²) in [5.41, 5.74) is 3.13. The van der Waals surface area contributed by atoms with Gasteiger partial charge in [-0.05, 0) is 68.9 Å². The summed E-state index contributed by atoms with van der Waals surface area (Å²) in [6, 6.07) is 17.1. The number of thioether (sulfide) groups is 1. The lowest BCUT2D eigenvalue weighted by Crippen LogP contribution is -2.46. The Balaban J connectivity index is 0.981. The molecule has 3 atom stereocenters. The molecule has 0 spiro atoms. The van der Waals surface area contributed by atoms with E-state index < -0.39 is 0 Å². The molecule has 0 saturated carbocycles. The minimum atomic E-state index is -0.0974. The Morgan fingerprint density at radius 3 is 2.12 bits per heavy atom. The first kappa shape index (κ1) is 28.4. The number of rotatable bonds is 10. The first-order valence-corrected chi connectivity index (χ1v) is 15.7. The second kappa shape index (κ2) is 12.6. The molecule has 3 unspecified atom stereocenters. The summed E-state index contributed by atoms with van der Waals surface area (Å²) in [6.45, 7) is 9.27. The van der Waals surface area contributed by atoms with Gasteiger partial charge in [0.25, 0.3) is 0 Å². The highest BCUT2D eigenvalue weighted by Crippen LogP contribution is 2.29. The van der Waals surface area contributed by atoms with Crippen LogP contribution in [-0.2, 0) is 6.54 Å². The standard InChI is InChI=1S/C30H39N9O2S/c1-4-23(2)39-30(40)37(22-33-39)26-7-5-24(6-8-26)35-15-17-36(18-16-35)25-9-11-28(12-10-25)41-20-27-21-42-29(34(27)3)19-38-31-13-14-32-38/h5-14,22-23,27,29H,4,15-21H2,1-3H3. The van der Waals surface area contributed by atoms with E-state index >= 15 is 0 Å². The topological polar surface area (TPSA) is 89.5 Å². The Kier molecular flexibility index (Phi) is 8.52. The van der Waals surface area contributed by atoms with Crippen molar-refractivity contribution >= 4 is 23.1 Å². The third kappa shape index (κ3) is 6.05. The van der Waals surface area contributed by atoms with Crippen molar-refractivity contribution in [2.45, 2.75) is 44.3 Å². The molecule has 2 saturated heterocycles. The van der Waals surface area contributed by atoms with Crippen molar-refractivity contribution in [2.75, 3.05) is 55.4 Å². The van der Waals surface area contributed by atoms with Crippen LogP contribution in [0.25, 0.3) is 5.69 Å². The van der Waals surface area contributed by atoms with Crippen LogP contribution in [-0.4, -0.2) is 91.2 Å². The lowest BCUT2D eigenvalue weighted by Gasteiger charge is -2.37. The molecule has 2 aromatic carbocycles. The molecular weight excluding hydrogens is 550 g/mol. The maximum Gasteiger partial charge on any atom is 0.350 e. The Morgan fingerprint density at radius 1 is 0.905 bits per heavy atom. The fourth-order valence-corrected chi connectivity index (χ4v) is 6.90. The molecule has 2 aromatic heterocycles. The van der Waals surface area contributed by atoms with Gasteiger partial charge in [-0.1, -0.05) is 6.92 Å². The zero-order valence-electron chi connectivity index (χ0n) is 24.5. The van der Waals surface area contributed by atoms with E-state index in [0.717, 1.165) is 56.3 Å². The molecule has 0 aliphatic carbocycles. The molecule has 2 aliphatic heterocycles. The average Bonchev–Trinajstić information content (AvgIpc) is 3.77. The third-order valence-corrected chi connectivity index (χ3v) is 9.86. The Labute approximate surface area is 250 Å². The summed E-state index contributed by atoms with van der Waals surface area (Å²) in [5.74, 6) is 1.94. The van der Waals surface area contributed by atoms with Gasteiger partial charge in [0.15, 0.2) is 0 Å². The normalized spacial score (nSPS) is 20.3. The van der Waals surface area contributed by atoms with Gasteiger partial charge in [-0.3, -0.25) is 4.90 Å². The Morgan fingerprint density at radius 2 is 1.50 bits per heavy atom. The van der Waals surface area contributed by atoms with Crippen molar-refractivity contribution in [3.8, 4) is 11.4 Å². The van der Waals surface area contributed by atoms with E-state index in [-0.39, 0.29) is 11.7 Å². The maximum absolute atomic E-state index is 12.8. The van der Waals surface area contributed by atoms with Gasteiger partial charge in [0, 0.05) is 43.3 Å². The van der Waals surface area contributed by atoms with E-state index in [1.165, 1.54) is 11.4 Å². The van der Waals surface area contributed by atoms with Crippen LogP contribution in [0, 0.1) is 0 Å². The molecule has 0 radical (unpaired) electrons. The number of hydrogen-bond donors (Lipinski definition) is 0. The Hall–Kier alpha value is -3.77. The molecule has 0 amide bonds. The van der Waals surface area contributed by atoms with Gasteiger partial charge >= 0.3 is 5.69 Å². The molecule has 2 aliphatic rings. The maximum atomic E-state index is 12.8. The molecule has 4 aromatic rings. The van der Waals surface area contributed by atoms with Crippen LogP contribution in [0.2, 0.25) is 0 Å². The second-order valence-electron chi connectivity index (χ2n) is 11.0. The molecule has 11 nitrogen and oxygen atoms in total. The number of piperazine rings is 1. The average molecular weight is 590 g/mol. The van der Waals surface area contributed by atoms with Gasteiger partial charge in [-0.2, -0.15) is 20.1 Å². The molecule has 12 heteroatoms. The van der Waals surface area contributed by atoms with Crippen molar-refractivity contribution in [1.82, 2.24) is 34.2 Å². The minimum absolute atomic E-state index is 0.0845. The molecule has 6 rings (SSSR count). The molecule has 0 N–H and O–H groups in total. The monoisotopic (exact) mass is 589 g/mol. The van der Waals surface area contributed by atoms with Crippen LogP contribution in [0.4, 0.5) is 11.4 Å². The van der Waals surface area contributed by atoms with E-state index in [4.69, 9.17) is 4.74 Å². The number of aromatic nitrogens is 6. The predicted molar refractivity (Wildman–Crippen MR) is 167 cm³/mol. The molecular formula is C30H39N9O2S. The largest absolute Gasteiger partial charge is 0.492 e. The third-order valence-electron chi connectivity index (χ3n) is 8.42. The second-order valence-corrected chi connectivity index (χ2v) is 12.2. The van der Waals surface area contributed by atoms with Crippen molar-refractivity contribution in [1.29, 1.82) is 0 Å². The first-order valence-electron chi connectivity index (χ1n) is 14.7. The van der Waals surface area contributed by atoms with Gasteiger partial charge in [-0.25, -0.2) is 14.0 Å². The number of hydrogen-bond acceptors (Lipinski definition) is 9. The summed E-state index contributed by atoms with van der Waals surface area (Å²) in [6.07, 6.45) is 5.92. The molecule has 0 bridgehead atoms. The van der Waals surface area contributed by atoms with Gasteiger partial charge in [-0.15, -0.1) is 11.8 Å². The van der Waals surface area contributed by atoms with Crippen LogP contribution >= 0.6 is 11.8 Å². The number of ether oxygens (including phenoxy) is 1. The predicted octanol–water partition coefficient (Wildman–Crippen LogP) is 3.38. The summed E-state index contributed by atoms with van der Waals surface area (Å²) in [4.78, 5) is 21.7. The van der Waals surface area contributed by atoms with Crippen LogP contribution in [0.15, 0.2) is 72.0 Å². The molecule has 4 heterocycles. The van der Waals surface area contributed by atoms with Gasteiger partial charge < -0.3 is 14.5 Å². The summed E-state index contributed by atoms with van der Waals surface area (Å²) >= 11 is 1.93. The molecule has 42 heavy (non-hydrogen) atoms. The van der Waals surface area contributed by atoms with E-state index in [1.807, 2.05) is 30.8 Å². The highest BCUT2D eigenvalue weighted by Gasteiger charge is 2.32. The zero-order chi connectivity index (χ0) is 29.1. The number of anilines is 2. The quantitative estimate of drug-likeness (QED) is 0.276. The van der Waals surface area contributed by atoms with Crippen molar-refractivity contribution < 1.29 is 4.74 Å². The first-order chi connectivity index (χ1) is 20.5. The van der Waals surface area contributed by atoms with Crippen molar-refractivity contribution in [3.05, 3.63) is 77.7 Å². The van der Waals surface area contributed by atoms with Gasteiger partial charge in [0.05, 0.1) is 42.1 Å². The summed E-state index contributed by atoms with van der Waals surface area (Å²) in [5, 5.41) is 13.1. The molecule has 222 valence electrons. The summed E-state index contributed by atoms with van der Waals surface area (Å²) < 4.78 is 9.35. The smallest absolute Gasteiger partial charge is 0.350 e. The van der Waals surface area contributed by atoms with Crippen molar-refractivity contribution in [2.24, 2.45) is 0 Å². The van der Waals surface area contributed by atoms with Gasteiger partial charge in [0.1, 0.15) is 18.7 Å².